The Hall–Kier alpha value is -3.45. The molecule has 0 atom stereocenters. The number of benzene rings is 2. The summed E-state index contributed by atoms with van der Waals surface area (Å²) in [4.78, 5) is 29.9. The van der Waals surface area contributed by atoms with Gasteiger partial charge in [-0.25, -0.2) is 9.67 Å². The van der Waals surface area contributed by atoms with E-state index in [1.54, 1.807) is 31.3 Å². The highest BCUT2D eigenvalue weighted by molar-refractivity contribution is 6.31. The first kappa shape index (κ1) is 17.9. The number of amides is 1. The lowest BCUT2D eigenvalue weighted by Crippen LogP contribution is -2.19. The number of carbonyl (C=O) groups is 1. The second kappa shape index (κ2) is 6.94. The SMILES string of the molecule is Cc1ccc(-n2nc(C(=O)Nc3cccc(Cl)c3)c3ncn(C)c(=O)c32)cc1. The number of nitrogens with one attached hydrogen (secondary N) is 1. The normalized spacial score (nSPS) is 11.0. The quantitative estimate of drug-likeness (QED) is 0.578. The lowest BCUT2D eigenvalue weighted by Gasteiger charge is -2.04. The van der Waals surface area contributed by atoms with E-state index >= 15 is 0 Å². The van der Waals surface area contributed by atoms with Gasteiger partial charge in [-0.1, -0.05) is 35.4 Å². The Morgan fingerprint density at radius 1 is 1.14 bits per heavy atom. The highest BCUT2D eigenvalue weighted by Gasteiger charge is 2.22. The van der Waals surface area contributed by atoms with Crippen molar-refractivity contribution >= 4 is 34.2 Å². The molecule has 4 aromatic rings. The predicted octanol–water partition coefficient (Wildman–Crippen LogP) is 3.33. The van der Waals surface area contributed by atoms with Crippen LogP contribution in [0.2, 0.25) is 5.02 Å². The zero-order valence-corrected chi connectivity index (χ0v) is 15.9. The Bertz CT molecular complexity index is 1260. The average molecular weight is 394 g/mol. The minimum Gasteiger partial charge on any atom is -0.320 e. The van der Waals surface area contributed by atoms with Gasteiger partial charge >= 0.3 is 0 Å². The van der Waals surface area contributed by atoms with Gasteiger partial charge in [0.05, 0.1) is 12.0 Å². The molecule has 0 aliphatic carbocycles. The lowest BCUT2D eigenvalue weighted by molar-refractivity contribution is 0.102. The van der Waals surface area contributed by atoms with Crippen LogP contribution in [0, 0.1) is 6.92 Å². The first-order chi connectivity index (χ1) is 13.4. The second-order valence-electron chi connectivity index (χ2n) is 6.42. The molecule has 0 fully saturated rings. The summed E-state index contributed by atoms with van der Waals surface area (Å²) in [6.07, 6.45) is 1.38. The third-order valence-electron chi connectivity index (χ3n) is 4.32. The molecule has 28 heavy (non-hydrogen) atoms. The molecule has 2 aromatic carbocycles. The molecule has 2 aromatic heterocycles. The highest BCUT2D eigenvalue weighted by atomic mass is 35.5. The van der Waals surface area contributed by atoms with E-state index in [4.69, 9.17) is 11.6 Å². The maximum Gasteiger partial charge on any atom is 0.279 e. The van der Waals surface area contributed by atoms with Crippen LogP contribution < -0.4 is 10.9 Å². The fourth-order valence-corrected chi connectivity index (χ4v) is 3.06. The minimum absolute atomic E-state index is 0.0632. The van der Waals surface area contributed by atoms with Crippen LogP contribution >= 0.6 is 11.6 Å². The number of nitrogens with zero attached hydrogens (tertiary/aromatic N) is 4. The van der Waals surface area contributed by atoms with E-state index in [1.165, 1.54) is 15.6 Å². The van der Waals surface area contributed by atoms with Crippen molar-refractivity contribution in [3.63, 3.8) is 0 Å². The van der Waals surface area contributed by atoms with Gasteiger partial charge in [0.25, 0.3) is 11.5 Å². The number of aryl methyl sites for hydroxylation is 2. The van der Waals surface area contributed by atoms with Crippen LogP contribution in [0.1, 0.15) is 16.1 Å². The van der Waals surface area contributed by atoms with Gasteiger partial charge in [0.2, 0.25) is 0 Å². The van der Waals surface area contributed by atoms with Gasteiger partial charge in [-0.15, -0.1) is 0 Å². The molecule has 8 heteroatoms. The summed E-state index contributed by atoms with van der Waals surface area (Å²) < 4.78 is 2.81. The van der Waals surface area contributed by atoms with Crippen molar-refractivity contribution in [3.05, 3.63) is 81.5 Å². The van der Waals surface area contributed by atoms with E-state index in [0.717, 1.165) is 5.56 Å². The van der Waals surface area contributed by atoms with Crippen LogP contribution in [-0.2, 0) is 7.05 Å². The molecule has 7 nitrogen and oxygen atoms in total. The predicted molar refractivity (Wildman–Crippen MR) is 108 cm³/mol. The van der Waals surface area contributed by atoms with E-state index < -0.39 is 5.91 Å². The molecule has 0 aliphatic heterocycles. The number of hydrogen-bond donors (Lipinski definition) is 1. The van der Waals surface area contributed by atoms with Crippen LogP contribution in [0.25, 0.3) is 16.7 Å². The third-order valence-corrected chi connectivity index (χ3v) is 4.55. The number of halogens is 1. The number of aromatic nitrogens is 4. The van der Waals surface area contributed by atoms with Crippen LogP contribution in [-0.4, -0.2) is 25.2 Å². The summed E-state index contributed by atoms with van der Waals surface area (Å²) in [5, 5.41) is 7.66. The van der Waals surface area contributed by atoms with Crippen molar-refractivity contribution in [1.29, 1.82) is 0 Å². The van der Waals surface area contributed by atoms with Gasteiger partial charge in [0.1, 0.15) is 5.52 Å². The molecule has 0 bridgehead atoms. The molecule has 0 spiro atoms. The molecular formula is C20H16ClN5O2. The lowest BCUT2D eigenvalue weighted by atomic mass is 10.2. The van der Waals surface area contributed by atoms with E-state index in [-0.39, 0.29) is 22.3 Å². The summed E-state index contributed by atoms with van der Waals surface area (Å²) in [7, 11) is 1.60. The number of rotatable bonds is 3. The zero-order chi connectivity index (χ0) is 19.8. The Kier molecular flexibility index (Phi) is 4.44. The number of fused-ring (bicyclic) bond motifs is 1. The number of hydrogen-bond acceptors (Lipinski definition) is 4. The summed E-state index contributed by atoms with van der Waals surface area (Å²) >= 11 is 5.98. The maximum atomic E-state index is 12.9. The largest absolute Gasteiger partial charge is 0.320 e. The molecule has 0 saturated carbocycles. The van der Waals surface area contributed by atoms with Crippen LogP contribution in [0.15, 0.2) is 59.7 Å². The van der Waals surface area contributed by atoms with Crippen molar-refractivity contribution in [1.82, 2.24) is 19.3 Å². The van der Waals surface area contributed by atoms with Crippen LogP contribution in [0.5, 0.6) is 0 Å². The molecule has 0 radical (unpaired) electrons. The molecule has 1 N–H and O–H groups in total. The molecule has 140 valence electrons. The van der Waals surface area contributed by atoms with Crippen molar-refractivity contribution in [2.75, 3.05) is 5.32 Å². The van der Waals surface area contributed by atoms with E-state index in [1.807, 2.05) is 31.2 Å². The summed E-state index contributed by atoms with van der Waals surface area (Å²) in [6, 6.07) is 14.3. The van der Waals surface area contributed by atoms with Gasteiger partial charge in [-0.3, -0.25) is 9.59 Å². The fourth-order valence-electron chi connectivity index (χ4n) is 2.87. The maximum absolute atomic E-state index is 12.9. The van der Waals surface area contributed by atoms with Crippen molar-refractivity contribution in [2.24, 2.45) is 7.05 Å². The van der Waals surface area contributed by atoms with Gasteiger partial charge in [-0.05, 0) is 37.3 Å². The molecule has 0 unspecified atom stereocenters. The molecule has 0 saturated heterocycles. The zero-order valence-electron chi connectivity index (χ0n) is 15.2. The summed E-state index contributed by atoms with van der Waals surface area (Å²) in [5.41, 5.74) is 2.52. The van der Waals surface area contributed by atoms with Crippen LogP contribution in [0.4, 0.5) is 5.69 Å². The molecule has 1 amide bonds. The molecule has 4 rings (SSSR count). The smallest absolute Gasteiger partial charge is 0.279 e. The monoisotopic (exact) mass is 393 g/mol. The Morgan fingerprint density at radius 3 is 2.61 bits per heavy atom. The molecule has 2 heterocycles. The fraction of sp³-hybridized carbons (Fsp3) is 0.100. The van der Waals surface area contributed by atoms with Gasteiger partial charge in [0.15, 0.2) is 11.2 Å². The van der Waals surface area contributed by atoms with Crippen molar-refractivity contribution in [2.45, 2.75) is 6.92 Å². The van der Waals surface area contributed by atoms with Gasteiger partial charge < -0.3 is 9.88 Å². The average Bonchev–Trinajstić information content (AvgIpc) is 3.06. The minimum atomic E-state index is -0.473. The van der Waals surface area contributed by atoms with Crippen LogP contribution in [0.3, 0.4) is 0 Å². The standard InChI is InChI=1S/C20H16ClN5O2/c1-12-6-8-15(9-7-12)26-18-16(22-11-25(2)20(18)28)17(24-26)19(27)23-14-5-3-4-13(21)10-14/h3-11H,1-2H3,(H,23,27). The number of carbonyl (C=O) groups excluding carboxylic acids is 1. The Labute approximate surface area is 165 Å². The number of anilines is 1. The van der Waals surface area contributed by atoms with Gasteiger partial charge in [0, 0.05) is 17.8 Å². The molecule has 0 aliphatic rings. The Balaban J connectivity index is 1.87. The third kappa shape index (κ3) is 3.16. The van der Waals surface area contributed by atoms with E-state index in [2.05, 4.69) is 15.4 Å². The molecular weight excluding hydrogens is 378 g/mol. The first-order valence-electron chi connectivity index (χ1n) is 8.52. The van der Waals surface area contributed by atoms with E-state index in [0.29, 0.717) is 16.4 Å². The first-order valence-corrected chi connectivity index (χ1v) is 8.90. The van der Waals surface area contributed by atoms with Crippen molar-refractivity contribution < 1.29 is 4.79 Å². The second-order valence-corrected chi connectivity index (χ2v) is 6.85. The highest BCUT2D eigenvalue weighted by Crippen LogP contribution is 2.20. The van der Waals surface area contributed by atoms with Crippen molar-refractivity contribution in [3.8, 4) is 5.69 Å². The summed E-state index contributed by atoms with van der Waals surface area (Å²) in [5.74, 6) is -0.473. The van der Waals surface area contributed by atoms with Gasteiger partial charge in [-0.2, -0.15) is 5.10 Å². The Morgan fingerprint density at radius 2 is 1.89 bits per heavy atom. The van der Waals surface area contributed by atoms with E-state index in [9.17, 15) is 9.59 Å². The topological polar surface area (TPSA) is 81.8 Å². The summed E-state index contributed by atoms with van der Waals surface area (Å²) in [6.45, 7) is 1.97.